The van der Waals surface area contributed by atoms with E-state index < -0.39 is 17.6 Å². The smallest absolute Gasteiger partial charge is 0.290 e. The molecule has 1 saturated heterocycles. The summed E-state index contributed by atoms with van der Waals surface area (Å²) in [5.41, 5.74) is -0.397. The molecule has 0 spiro atoms. The van der Waals surface area contributed by atoms with Crippen LogP contribution in [0.2, 0.25) is 0 Å². The highest BCUT2D eigenvalue weighted by molar-refractivity contribution is 5.94. The largest absolute Gasteiger partial charge is 0.443 e. The second kappa shape index (κ2) is 10.2. The van der Waals surface area contributed by atoms with Crippen LogP contribution in [0.15, 0.2) is 40.8 Å². The van der Waals surface area contributed by atoms with Crippen LogP contribution in [0.4, 0.5) is 4.39 Å². The molecular weight excluding hydrogens is 427 g/mol. The summed E-state index contributed by atoms with van der Waals surface area (Å²) in [6.45, 7) is 7.57. The molecule has 1 aromatic carbocycles. The number of hydrogen-bond acceptors (Lipinski definition) is 5. The molecule has 1 aromatic heterocycles. The van der Waals surface area contributed by atoms with Gasteiger partial charge in [0, 0.05) is 19.1 Å². The van der Waals surface area contributed by atoms with E-state index in [-0.39, 0.29) is 49.0 Å². The average molecular weight is 457 g/mol. The highest BCUT2D eigenvalue weighted by atomic mass is 19.1. The van der Waals surface area contributed by atoms with Crippen LogP contribution in [0.3, 0.4) is 0 Å². The summed E-state index contributed by atoms with van der Waals surface area (Å²) in [6, 6.07) is 8.99. The van der Waals surface area contributed by atoms with Gasteiger partial charge in [-0.15, -0.1) is 0 Å². The number of carbonyl (C=O) groups excluding carboxylic acids is 2. The van der Waals surface area contributed by atoms with E-state index in [1.54, 1.807) is 36.9 Å². The minimum atomic E-state index is -1.19. The normalized spacial score (nSPS) is 17.1. The van der Waals surface area contributed by atoms with Crippen molar-refractivity contribution in [1.29, 1.82) is 0 Å². The van der Waals surface area contributed by atoms with E-state index in [1.807, 2.05) is 13.8 Å². The van der Waals surface area contributed by atoms with Gasteiger partial charge in [-0.2, -0.15) is 0 Å². The Morgan fingerprint density at radius 3 is 2.58 bits per heavy atom. The molecule has 0 radical (unpaired) electrons. The van der Waals surface area contributed by atoms with Crippen molar-refractivity contribution in [2.24, 2.45) is 0 Å². The highest BCUT2D eigenvalue weighted by Crippen LogP contribution is 2.17. The Balaban J connectivity index is 1.76. The SMILES string of the molecule is CC(C)N1C[C@H](OCc2ccc(F)cc2)CN(C(=O)c2ccc(C#CC(C)(C)O)o2)CC1=O. The summed E-state index contributed by atoms with van der Waals surface area (Å²) in [5, 5.41) is 9.74. The summed E-state index contributed by atoms with van der Waals surface area (Å²) in [7, 11) is 0. The maximum Gasteiger partial charge on any atom is 0.290 e. The molecule has 176 valence electrons. The summed E-state index contributed by atoms with van der Waals surface area (Å²) in [4.78, 5) is 29.0. The Hall–Kier alpha value is -3.15. The fraction of sp³-hybridized carbons (Fsp3) is 0.440. The molecule has 0 aliphatic carbocycles. The number of rotatable bonds is 5. The zero-order valence-electron chi connectivity index (χ0n) is 19.3. The third-order valence-electron chi connectivity index (χ3n) is 5.09. The van der Waals surface area contributed by atoms with Gasteiger partial charge < -0.3 is 24.1 Å². The number of halogens is 1. The van der Waals surface area contributed by atoms with Gasteiger partial charge in [-0.1, -0.05) is 18.1 Å². The van der Waals surface area contributed by atoms with Crippen LogP contribution in [-0.2, 0) is 16.1 Å². The minimum Gasteiger partial charge on any atom is -0.443 e. The van der Waals surface area contributed by atoms with Gasteiger partial charge in [0.15, 0.2) is 11.5 Å². The van der Waals surface area contributed by atoms with E-state index in [2.05, 4.69) is 11.8 Å². The number of amides is 2. The lowest BCUT2D eigenvalue weighted by Gasteiger charge is -2.27. The maximum absolute atomic E-state index is 13.2. The first kappa shape index (κ1) is 24.5. The van der Waals surface area contributed by atoms with Crippen LogP contribution in [0.1, 0.15) is 49.6 Å². The first-order chi connectivity index (χ1) is 15.5. The van der Waals surface area contributed by atoms with Gasteiger partial charge >= 0.3 is 0 Å². The van der Waals surface area contributed by atoms with Crippen molar-refractivity contribution in [2.75, 3.05) is 19.6 Å². The highest BCUT2D eigenvalue weighted by Gasteiger charge is 2.33. The lowest BCUT2D eigenvalue weighted by Crippen LogP contribution is -2.42. The van der Waals surface area contributed by atoms with Crippen molar-refractivity contribution in [2.45, 2.75) is 52.0 Å². The van der Waals surface area contributed by atoms with E-state index in [4.69, 9.17) is 9.15 Å². The summed E-state index contributed by atoms with van der Waals surface area (Å²) in [5.74, 6) is 4.67. The zero-order valence-corrected chi connectivity index (χ0v) is 19.3. The molecule has 0 saturated carbocycles. The summed E-state index contributed by atoms with van der Waals surface area (Å²) >= 11 is 0. The molecule has 1 aliphatic heterocycles. The molecule has 33 heavy (non-hydrogen) atoms. The molecule has 1 aliphatic rings. The van der Waals surface area contributed by atoms with Gasteiger partial charge in [0.2, 0.25) is 5.91 Å². The van der Waals surface area contributed by atoms with E-state index in [9.17, 15) is 19.1 Å². The second-order valence-electron chi connectivity index (χ2n) is 8.86. The Kier molecular flexibility index (Phi) is 7.57. The first-order valence-electron chi connectivity index (χ1n) is 10.8. The number of hydrogen-bond donors (Lipinski definition) is 1. The fourth-order valence-electron chi connectivity index (χ4n) is 3.39. The maximum atomic E-state index is 13.2. The molecule has 1 atom stereocenters. The van der Waals surface area contributed by atoms with Crippen LogP contribution in [-0.4, -0.2) is 64.1 Å². The van der Waals surface area contributed by atoms with Crippen molar-refractivity contribution >= 4 is 11.8 Å². The molecule has 3 rings (SSSR count). The van der Waals surface area contributed by atoms with Crippen LogP contribution < -0.4 is 0 Å². The quantitative estimate of drug-likeness (QED) is 0.700. The van der Waals surface area contributed by atoms with Gasteiger partial charge in [0.25, 0.3) is 5.91 Å². The van der Waals surface area contributed by atoms with Gasteiger partial charge in [-0.3, -0.25) is 9.59 Å². The van der Waals surface area contributed by atoms with Gasteiger partial charge in [0.05, 0.1) is 12.7 Å². The zero-order chi connectivity index (χ0) is 24.2. The van der Waals surface area contributed by atoms with Crippen LogP contribution >= 0.6 is 0 Å². The monoisotopic (exact) mass is 456 g/mol. The number of benzene rings is 1. The average Bonchev–Trinajstić information content (AvgIpc) is 3.15. The van der Waals surface area contributed by atoms with Crippen molar-refractivity contribution in [3.05, 3.63) is 59.3 Å². The third kappa shape index (κ3) is 6.91. The molecule has 2 heterocycles. The molecule has 1 fully saturated rings. The molecule has 7 nitrogen and oxygen atoms in total. The number of ether oxygens (including phenoxy) is 1. The predicted octanol–water partition coefficient (Wildman–Crippen LogP) is 2.82. The molecule has 2 amide bonds. The van der Waals surface area contributed by atoms with E-state index in [0.717, 1.165) is 5.56 Å². The predicted molar refractivity (Wildman–Crippen MR) is 120 cm³/mol. The summed E-state index contributed by atoms with van der Waals surface area (Å²) in [6.07, 6.45) is -0.433. The van der Waals surface area contributed by atoms with E-state index in [1.165, 1.54) is 23.1 Å². The van der Waals surface area contributed by atoms with Crippen molar-refractivity contribution < 1.29 is 28.2 Å². The topological polar surface area (TPSA) is 83.2 Å². The minimum absolute atomic E-state index is 0.0538. The number of aliphatic hydroxyl groups is 1. The third-order valence-corrected chi connectivity index (χ3v) is 5.09. The van der Waals surface area contributed by atoms with Crippen molar-refractivity contribution in [3.63, 3.8) is 0 Å². The molecule has 0 bridgehead atoms. The molecule has 1 N–H and O–H groups in total. The number of carbonyl (C=O) groups is 2. The Morgan fingerprint density at radius 1 is 1.24 bits per heavy atom. The standard InChI is InChI=1S/C25H29FN2O5/c1-17(2)28-14-21(32-16-18-5-7-19(26)8-6-18)13-27(15-23(28)29)24(30)22-10-9-20(33-22)11-12-25(3,4)31/h5-10,17,21,31H,13-16H2,1-4H3/t21-/m1/s1. The van der Waals surface area contributed by atoms with Crippen molar-refractivity contribution in [3.8, 4) is 11.8 Å². The number of nitrogens with zero attached hydrogens (tertiary/aromatic N) is 2. The van der Waals surface area contributed by atoms with E-state index in [0.29, 0.717) is 6.54 Å². The van der Waals surface area contributed by atoms with Gasteiger partial charge in [0.1, 0.15) is 18.0 Å². The van der Waals surface area contributed by atoms with Crippen LogP contribution in [0.25, 0.3) is 0 Å². The summed E-state index contributed by atoms with van der Waals surface area (Å²) < 4.78 is 24.7. The van der Waals surface area contributed by atoms with E-state index >= 15 is 0 Å². The Labute approximate surface area is 193 Å². The molecular formula is C25H29FN2O5. The lowest BCUT2D eigenvalue weighted by atomic mass is 10.1. The van der Waals surface area contributed by atoms with Gasteiger partial charge in [-0.05, 0) is 63.4 Å². The Morgan fingerprint density at radius 2 is 1.94 bits per heavy atom. The Bertz CT molecular complexity index is 1040. The van der Waals surface area contributed by atoms with Crippen molar-refractivity contribution in [1.82, 2.24) is 9.80 Å². The second-order valence-corrected chi connectivity index (χ2v) is 8.86. The molecule has 8 heteroatoms. The van der Waals surface area contributed by atoms with Crippen LogP contribution in [0.5, 0.6) is 0 Å². The van der Waals surface area contributed by atoms with Gasteiger partial charge in [-0.25, -0.2) is 4.39 Å². The first-order valence-corrected chi connectivity index (χ1v) is 10.8. The number of furan rings is 1. The van der Waals surface area contributed by atoms with Crippen LogP contribution in [0, 0.1) is 17.7 Å². The molecule has 2 aromatic rings. The lowest BCUT2D eigenvalue weighted by molar-refractivity contribution is -0.133. The molecule has 0 unspecified atom stereocenters. The fourth-order valence-corrected chi connectivity index (χ4v) is 3.39.